The van der Waals surface area contributed by atoms with E-state index in [1.807, 2.05) is 18.9 Å². The molecule has 2 rings (SSSR count). The lowest BCUT2D eigenvalue weighted by Crippen LogP contribution is -2.57. The molecule has 0 aromatic carbocycles. The van der Waals surface area contributed by atoms with Crippen molar-refractivity contribution in [2.45, 2.75) is 39.0 Å². The van der Waals surface area contributed by atoms with Gasteiger partial charge in [0.05, 0.1) is 11.7 Å². The zero-order valence-corrected chi connectivity index (χ0v) is 13.9. The third kappa shape index (κ3) is 2.01. The van der Waals surface area contributed by atoms with Crippen LogP contribution in [0.15, 0.2) is 22.5 Å². The highest BCUT2D eigenvalue weighted by molar-refractivity contribution is 6.11. The van der Waals surface area contributed by atoms with E-state index >= 15 is 0 Å². The number of nitrogens with one attached hydrogen (secondary N) is 1. The predicted molar refractivity (Wildman–Crippen MR) is 83.7 cm³/mol. The van der Waals surface area contributed by atoms with Crippen molar-refractivity contribution in [1.29, 1.82) is 0 Å². The molecule has 22 heavy (non-hydrogen) atoms. The molecule has 0 aliphatic carbocycles. The number of hydrogen-bond donors (Lipinski definition) is 2. The highest BCUT2D eigenvalue weighted by Gasteiger charge is 2.60. The molecule has 122 valence electrons. The van der Waals surface area contributed by atoms with E-state index in [2.05, 4.69) is 5.32 Å². The molecular weight excluding hydrogens is 282 g/mol. The number of ketones is 1. The molecule has 1 saturated heterocycles. The number of nitrogens with zero attached hydrogens (tertiary/aromatic N) is 1. The Bertz CT molecular complexity index is 563. The molecule has 2 aliphatic rings. The number of hydrogen-bond acceptors (Lipinski definition) is 6. The van der Waals surface area contributed by atoms with Crippen molar-refractivity contribution in [3.05, 3.63) is 22.5 Å². The summed E-state index contributed by atoms with van der Waals surface area (Å²) in [6.45, 7) is 5.98. The fourth-order valence-corrected chi connectivity index (χ4v) is 3.78. The number of nitrogens with two attached hydrogens (primary N) is 1. The minimum atomic E-state index is -0.696. The lowest BCUT2D eigenvalue weighted by Gasteiger charge is -2.41. The van der Waals surface area contributed by atoms with Crippen LogP contribution in [0.5, 0.6) is 0 Å². The Kier molecular flexibility index (Phi) is 4.44. The van der Waals surface area contributed by atoms with Gasteiger partial charge in [-0.2, -0.15) is 0 Å². The van der Waals surface area contributed by atoms with Gasteiger partial charge in [-0.15, -0.1) is 0 Å². The number of Topliss-reactive ketones (excluding diaryl/α,β-unsaturated/α-hetero) is 1. The summed E-state index contributed by atoms with van der Waals surface area (Å²) in [6, 6.07) is 0.0519. The zero-order chi connectivity index (χ0) is 16.7. The highest BCUT2D eigenvalue weighted by atomic mass is 16.5. The SMILES string of the molecule is CN[C@H]1CCN2C(C(=O)/C(C)=C(\C)N)=C(C=O)[C@@H](C)[C@@]12OC. The highest BCUT2D eigenvalue weighted by Crippen LogP contribution is 2.49. The van der Waals surface area contributed by atoms with E-state index < -0.39 is 5.72 Å². The van der Waals surface area contributed by atoms with Gasteiger partial charge in [0, 0.05) is 36.4 Å². The quantitative estimate of drug-likeness (QED) is 0.570. The zero-order valence-electron chi connectivity index (χ0n) is 13.9. The molecule has 2 aliphatic heterocycles. The minimum Gasteiger partial charge on any atom is -0.402 e. The number of aldehydes is 1. The molecular formula is C16H25N3O3. The van der Waals surface area contributed by atoms with Crippen LogP contribution >= 0.6 is 0 Å². The van der Waals surface area contributed by atoms with Crippen LogP contribution in [0.4, 0.5) is 0 Å². The van der Waals surface area contributed by atoms with Gasteiger partial charge in [0.15, 0.2) is 5.72 Å². The van der Waals surface area contributed by atoms with E-state index in [9.17, 15) is 9.59 Å². The predicted octanol–water partition coefficient (Wildman–Crippen LogP) is 0.547. The maximum absolute atomic E-state index is 12.8. The van der Waals surface area contributed by atoms with Gasteiger partial charge in [0.25, 0.3) is 0 Å². The van der Waals surface area contributed by atoms with Gasteiger partial charge in [-0.1, -0.05) is 6.92 Å². The molecule has 3 N–H and O–H groups in total. The summed E-state index contributed by atoms with van der Waals surface area (Å²) in [7, 11) is 3.50. The lowest BCUT2D eigenvalue weighted by atomic mass is 9.88. The Labute approximate surface area is 131 Å². The van der Waals surface area contributed by atoms with Crippen LogP contribution in [0.1, 0.15) is 27.2 Å². The topological polar surface area (TPSA) is 84.7 Å². The van der Waals surface area contributed by atoms with Gasteiger partial charge in [-0.3, -0.25) is 9.59 Å². The van der Waals surface area contributed by atoms with Crippen molar-refractivity contribution in [3.8, 4) is 0 Å². The molecule has 0 radical (unpaired) electrons. The Morgan fingerprint density at radius 3 is 2.59 bits per heavy atom. The molecule has 3 atom stereocenters. The van der Waals surface area contributed by atoms with E-state index in [4.69, 9.17) is 10.5 Å². The lowest BCUT2D eigenvalue weighted by molar-refractivity contribution is -0.133. The Morgan fingerprint density at radius 2 is 2.14 bits per heavy atom. The molecule has 6 nitrogen and oxygen atoms in total. The van der Waals surface area contributed by atoms with Gasteiger partial charge in [0.2, 0.25) is 5.78 Å². The van der Waals surface area contributed by atoms with E-state index in [0.29, 0.717) is 29.1 Å². The Hall–Kier alpha value is -1.66. The van der Waals surface area contributed by atoms with Crippen LogP contribution in [0.25, 0.3) is 0 Å². The molecule has 0 saturated carbocycles. The van der Waals surface area contributed by atoms with Crippen LogP contribution in [-0.2, 0) is 14.3 Å². The summed E-state index contributed by atoms with van der Waals surface area (Å²) >= 11 is 0. The number of carbonyl (C=O) groups excluding carboxylic acids is 2. The largest absolute Gasteiger partial charge is 0.402 e. The summed E-state index contributed by atoms with van der Waals surface area (Å²) in [5, 5.41) is 3.26. The van der Waals surface area contributed by atoms with Crippen molar-refractivity contribution < 1.29 is 14.3 Å². The molecule has 0 spiro atoms. The fraction of sp³-hybridized carbons (Fsp3) is 0.625. The first-order valence-electron chi connectivity index (χ1n) is 7.53. The molecule has 0 unspecified atom stereocenters. The normalized spacial score (nSPS) is 32.1. The molecule has 2 heterocycles. The average molecular weight is 307 g/mol. The smallest absolute Gasteiger partial charge is 0.206 e. The van der Waals surface area contributed by atoms with Gasteiger partial charge >= 0.3 is 0 Å². The van der Waals surface area contributed by atoms with Crippen molar-refractivity contribution in [1.82, 2.24) is 10.2 Å². The molecule has 6 heteroatoms. The number of rotatable bonds is 5. The number of methoxy groups -OCH3 is 1. The van der Waals surface area contributed by atoms with Crippen LogP contribution in [0.3, 0.4) is 0 Å². The number of fused-ring (bicyclic) bond motifs is 1. The molecule has 0 amide bonds. The summed E-state index contributed by atoms with van der Waals surface area (Å²) in [6.07, 6.45) is 1.63. The number of allylic oxidation sites excluding steroid dienone is 2. The monoisotopic (exact) mass is 307 g/mol. The van der Waals surface area contributed by atoms with Crippen molar-refractivity contribution in [2.24, 2.45) is 11.7 Å². The second kappa shape index (κ2) is 5.85. The number of ether oxygens (including phenoxy) is 1. The molecule has 0 bridgehead atoms. The van der Waals surface area contributed by atoms with Crippen LogP contribution in [0.2, 0.25) is 0 Å². The van der Waals surface area contributed by atoms with E-state index in [0.717, 1.165) is 12.7 Å². The average Bonchev–Trinajstić information content (AvgIpc) is 2.99. The molecule has 0 aromatic heterocycles. The van der Waals surface area contributed by atoms with Crippen LogP contribution < -0.4 is 11.1 Å². The number of carbonyl (C=O) groups is 2. The minimum absolute atomic E-state index is 0.0519. The summed E-state index contributed by atoms with van der Waals surface area (Å²) < 4.78 is 5.85. The standard InChI is InChI=1S/C16H25N3O3/c1-9(11(3)17)15(21)14-12(8-20)10(2)16(22-5)13(18-4)6-7-19(14)16/h8,10,13,18H,6-7,17H2,1-5H3/b11-9+/t10-,13+,16-/m1/s1. The first kappa shape index (κ1) is 16.7. The summed E-state index contributed by atoms with van der Waals surface area (Å²) in [5.74, 6) is -0.385. The first-order valence-corrected chi connectivity index (χ1v) is 7.53. The van der Waals surface area contributed by atoms with Gasteiger partial charge < -0.3 is 20.7 Å². The summed E-state index contributed by atoms with van der Waals surface area (Å²) in [4.78, 5) is 26.4. The fourth-order valence-electron chi connectivity index (χ4n) is 3.78. The molecule has 1 fully saturated rings. The molecule has 0 aromatic rings. The second-order valence-corrected chi connectivity index (χ2v) is 6.02. The van der Waals surface area contributed by atoms with Crippen molar-refractivity contribution in [3.63, 3.8) is 0 Å². The van der Waals surface area contributed by atoms with Gasteiger partial charge in [0.1, 0.15) is 6.29 Å². The maximum atomic E-state index is 12.8. The van der Waals surface area contributed by atoms with Crippen molar-refractivity contribution >= 4 is 12.1 Å². The first-order chi connectivity index (χ1) is 10.4. The van der Waals surface area contributed by atoms with Gasteiger partial charge in [-0.05, 0) is 27.3 Å². The number of likely N-dealkylation sites (N-methyl/N-ethyl adjacent to an activating group) is 1. The Balaban J connectivity index is 2.58. The maximum Gasteiger partial charge on any atom is 0.206 e. The summed E-state index contributed by atoms with van der Waals surface area (Å²) in [5.41, 5.74) is 6.94. The van der Waals surface area contributed by atoms with E-state index in [-0.39, 0.29) is 17.7 Å². The van der Waals surface area contributed by atoms with Gasteiger partial charge in [-0.25, -0.2) is 0 Å². The van der Waals surface area contributed by atoms with Crippen LogP contribution in [-0.4, -0.2) is 49.4 Å². The Morgan fingerprint density at radius 1 is 1.50 bits per heavy atom. The van der Waals surface area contributed by atoms with E-state index in [1.54, 1.807) is 21.0 Å². The van der Waals surface area contributed by atoms with E-state index in [1.165, 1.54) is 0 Å². The van der Waals surface area contributed by atoms with Crippen molar-refractivity contribution in [2.75, 3.05) is 20.7 Å². The second-order valence-electron chi connectivity index (χ2n) is 6.02. The van der Waals surface area contributed by atoms with Crippen LogP contribution in [0, 0.1) is 5.92 Å². The third-order valence-electron chi connectivity index (χ3n) is 5.14. The third-order valence-corrected chi connectivity index (χ3v) is 5.14.